The minimum atomic E-state index is 0.0901. The molecule has 0 fully saturated rings. The monoisotopic (exact) mass is 364 g/mol. The third kappa shape index (κ3) is 3.61. The van der Waals surface area contributed by atoms with Crippen molar-refractivity contribution >= 4 is 27.5 Å². The number of fused-ring (bicyclic) bond motifs is 1. The first-order valence-electron chi connectivity index (χ1n) is 7.37. The van der Waals surface area contributed by atoms with Crippen LogP contribution in [0.5, 0.6) is 5.75 Å². The van der Waals surface area contributed by atoms with E-state index < -0.39 is 0 Å². The number of alkyl halides is 1. The van der Waals surface area contributed by atoms with Gasteiger partial charge in [0.05, 0.1) is 12.0 Å². The van der Waals surface area contributed by atoms with Gasteiger partial charge in [-0.2, -0.15) is 0 Å². The van der Waals surface area contributed by atoms with Crippen LogP contribution in [0.15, 0.2) is 46.9 Å². The van der Waals surface area contributed by atoms with Crippen molar-refractivity contribution in [2.24, 2.45) is 0 Å². The minimum absolute atomic E-state index is 0.0901. The van der Waals surface area contributed by atoms with Crippen molar-refractivity contribution in [1.82, 2.24) is 0 Å². The van der Waals surface area contributed by atoms with Crippen molar-refractivity contribution in [3.05, 3.63) is 63.6 Å². The van der Waals surface area contributed by atoms with E-state index in [9.17, 15) is 0 Å². The van der Waals surface area contributed by atoms with Crippen molar-refractivity contribution in [1.29, 1.82) is 0 Å². The van der Waals surface area contributed by atoms with Crippen LogP contribution in [0.25, 0.3) is 0 Å². The van der Waals surface area contributed by atoms with Crippen molar-refractivity contribution in [2.75, 3.05) is 6.61 Å². The van der Waals surface area contributed by atoms with Gasteiger partial charge in [-0.25, -0.2) is 0 Å². The lowest BCUT2D eigenvalue weighted by Gasteiger charge is -2.12. The molecule has 1 nitrogen and oxygen atoms in total. The Balaban J connectivity index is 1.61. The number of benzene rings is 2. The summed E-state index contributed by atoms with van der Waals surface area (Å²) in [5.41, 5.74) is 3.83. The Morgan fingerprint density at radius 1 is 1.19 bits per heavy atom. The van der Waals surface area contributed by atoms with Crippen molar-refractivity contribution in [2.45, 2.75) is 31.1 Å². The number of halogens is 2. The maximum Gasteiger partial charge on any atom is 0.125 e. The summed E-state index contributed by atoms with van der Waals surface area (Å²) >= 11 is 10.1. The third-order valence-corrected chi connectivity index (χ3v) is 4.82. The van der Waals surface area contributed by atoms with E-state index in [4.69, 9.17) is 16.3 Å². The van der Waals surface area contributed by atoms with Gasteiger partial charge in [0.15, 0.2) is 0 Å². The van der Waals surface area contributed by atoms with Gasteiger partial charge in [-0.1, -0.05) is 46.3 Å². The van der Waals surface area contributed by atoms with Gasteiger partial charge in [-0.3, -0.25) is 0 Å². The summed E-state index contributed by atoms with van der Waals surface area (Å²) in [6.07, 6.45) is 4.07. The van der Waals surface area contributed by atoms with Gasteiger partial charge in [-0.15, -0.1) is 11.6 Å². The number of hydrogen-bond acceptors (Lipinski definition) is 1. The van der Waals surface area contributed by atoms with E-state index in [1.165, 1.54) is 16.7 Å². The lowest BCUT2D eigenvalue weighted by Crippen LogP contribution is -1.95. The second-order valence-corrected chi connectivity index (χ2v) is 6.86. The van der Waals surface area contributed by atoms with Gasteiger partial charge < -0.3 is 4.74 Å². The van der Waals surface area contributed by atoms with Crippen LogP contribution in [-0.4, -0.2) is 6.61 Å². The molecule has 0 radical (unpaired) electrons. The highest BCUT2D eigenvalue weighted by Crippen LogP contribution is 2.34. The third-order valence-electron chi connectivity index (χ3n) is 3.89. The number of ether oxygens (including phenoxy) is 1. The smallest absolute Gasteiger partial charge is 0.125 e. The Kier molecular flexibility index (Phi) is 4.87. The van der Waals surface area contributed by atoms with Crippen LogP contribution in [0.2, 0.25) is 0 Å². The molecule has 0 amide bonds. The predicted octanol–water partition coefficient (Wildman–Crippen LogP) is 5.69. The van der Waals surface area contributed by atoms with E-state index in [1.54, 1.807) is 0 Å². The molecular weight excluding hydrogens is 348 g/mol. The summed E-state index contributed by atoms with van der Waals surface area (Å²) in [5, 5.41) is 0.0901. The first kappa shape index (κ1) is 14.9. The standard InChI is InChI=1S/C18H18BrClO/c19-16-11-14(18-15(12-16)9-10-21-18)7-4-8-17(20)13-5-2-1-3-6-13/h1-3,5-6,11-12,17H,4,7-10H2. The second-order valence-electron chi connectivity index (χ2n) is 5.42. The molecule has 1 aliphatic rings. The maximum atomic E-state index is 6.48. The summed E-state index contributed by atoms with van der Waals surface area (Å²) in [7, 11) is 0. The average Bonchev–Trinajstić information content (AvgIpc) is 2.96. The number of aryl methyl sites for hydroxylation is 1. The van der Waals surface area contributed by atoms with Gasteiger partial charge in [0.2, 0.25) is 0 Å². The highest BCUT2D eigenvalue weighted by Gasteiger charge is 2.17. The van der Waals surface area contributed by atoms with E-state index >= 15 is 0 Å². The minimum Gasteiger partial charge on any atom is -0.493 e. The molecule has 1 unspecified atom stereocenters. The van der Waals surface area contributed by atoms with Crippen LogP contribution >= 0.6 is 27.5 Å². The van der Waals surface area contributed by atoms with E-state index in [0.717, 1.165) is 42.5 Å². The summed E-state index contributed by atoms with van der Waals surface area (Å²) in [4.78, 5) is 0. The van der Waals surface area contributed by atoms with E-state index in [-0.39, 0.29) is 5.38 Å². The van der Waals surface area contributed by atoms with Crippen LogP contribution in [0.1, 0.15) is 34.9 Å². The Labute approximate surface area is 139 Å². The molecule has 0 aliphatic carbocycles. The van der Waals surface area contributed by atoms with Crippen LogP contribution in [0.3, 0.4) is 0 Å². The number of hydrogen-bond donors (Lipinski definition) is 0. The van der Waals surface area contributed by atoms with E-state index in [2.05, 4.69) is 40.2 Å². The van der Waals surface area contributed by atoms with Crippen LogP contribution in [0, 0.1) is 0 Å². The zero-order valence-electron chi connectivity index (χ0n) is 11.8. The van der Waals surface area contributed by atoms with Gasteiger partial charge in [0, 0.05) is 10.9 Å². The zero-order chi connectivity index (χ0) is 14.7. The van der Waals surface area contributed by atoms with E-state index in [0.29, 0.717) is 0 Å². The average molecular weight is 366 g/mol. The molecule has 0 spiro atoms. The molecule has 0 aromatic heterocycles. The fraction of sp³-hybridized carbons (Fsp3) is 0.333. The topological polar surface area (TPSA) is 9.23 Å². The van der Waals surface area contributed by atoms with Gasteiger partial charge >= 0.3 is 0 Å². The first-order valence-corrected chi connectivity index (χ1v) is 8.60. The normalized spacial score (nSPS) is 14.6. The molecule has 1 atom stereocenters. The molecule has 0 N–H and O–H groups in total. The van der Waals surface area contributed by atoms with Crippen molar-refractivity contribution in [3.8, 4) is 5.75 Å². The second kappa shape index (κ2) is 6.85. The zero-order valence-corrected chi connectivity index (χ0v) is 14.2. The molecule has 1 aliphatic heterocycles. The fourth-order valence-electron chi connectivity index (χ4n) is 2.83. The van der Waals surface area contributed by atoms with Crippen molar-refractivity contribution < 1.29 is 4.74 Å². The Bertz CT molecular complexity index is 612. The van der Waals surface area contributed by atoms with Crippen LogP contribution in [-0.2, 0) is 12.8 Å². The quantitative estimate of drug-likeness (QED) is 0.619. The molecule has 0 saturated carbocycles. The molecule has 3 rings (SSSR count). The Morgan fingerprint density at radius 3 is 2.81 bits per heavy atom. The summed E-state index contributed by atoms with van der Waals surface area (Å²) in [6.45, 7) is 0.806. The molecule has 110 valence electrons. The molecule has 3 heteroatoms. The molecule has 0 bridgehead atoms. The van der Waals surface area contributed by atoms with Gasteiger partial charge in [0.25, 0.3) is 0 Å². The summed E-state index contributed by atoms with van der Waals surface area (Å²) < 4.78 is 6.92. The first-order chi connectivity index (χ1) is 10.2. The van der Waals surface area contributed by atoms with Gasteiger partial charge in [-0.05, 0) is 48.1 Å². The molecule has 2 aromatic carbocycles. The maximum absolute atomic E-state index is 6.48. The molecule has 1 heterocycles. The van der Waals surface area contributed by atoms with Crippen LogP contribution in [0.4, 0.5) is 0 Å². The van der Waals surface area contributed by atoms with Gasteiger partial charge in [0.1, 0.15) is 5.75 Å². The van der Waals surface area contributed by atoms with Crippen molar-refractivity contribution in [3.63, 3.8) is 0 Å². The summed E-state index contributed by atoms with van der Waals surface area (Å²) in [5.74, 6) is 1.10. The predicted molar refractivity (Wildman–Crippen MR) is 91.3 cm³/mol. The lowest BCUT2D eigenvalue weighted by atomic mass is 10.0. The SMILES string of the molecule is ClC(CCCc1cc(Br)cc2c1OCC2)c1ccccc1. The lowest BCUT2D eigenvalue weighted by molar-refractivity contribution is 0.353. The van der Waals surface area contributed by atoms with E-state index in [1.807, 2.05) is 18.2 Å². The molecule has 2 aromatic rings. The molecule has 21 heavy (non-hydrogen) atoms. The fourth-order valence-corrected chi connectivity index (χ4v) is 3.68. The Morgan fingerprint density at radius 2 is 2.00 bits per heavy atom. The number of rotatable bonds is 5. The summed E-state index contributed by atoms with van der Waals surface area (Å²) in [6, 6.07) is 14.6. The highest BCUT2D eigenvalue weighted by atomic mass is 79.9. The Hall–Kier alpha value is -0.990. The molecule has 0 saturated heterocycles. The molecular formula is C18H18BrClO. The largest absolute Gasteiger partial charge is 0.493 e. The highest BCUT2D eigenvalue weighted by molar-refractivity contribution is 9.10. The van der Waals surface area contributed by atoms with Crippen LogP contribution < -0.4 is 4.74 Å².